The Morgan fingerprint density at radius 1 is 1.25 bits per heavy atom. The number of nitrogens with zero attached hydrogens (tertiary/aromatic N) is 1. The third kappa shape index (κ3) is 2.17. The van der Waals surface area contributed by atoms with Crippen LogP contribution in [0, 0.1) is 5.92 Å². The molecule has 1 atom stereocenters. The van der Waals surface area contributed by atoms with Crippen molar-refractivity contribution in [2.24, 2.45) is 5.92 Å². The summed E-state index contributed by atoms with van der Waals surface area (Å²) in [6.45, 7) is 3.85. The average Bonchev–Trinajstić information content (AvgIpc) is 3.26. The number of fused-ring (bicyclic) bond motifs is 1. The van der Waals surface area contributed by atoms with Gasteiger partial charge in [-0.15, -0.1) is 0 Å². The van der Waals surface area contributed by atoms with Crippen LogP contribution in [0.2, 0.25) is 0 Å². The molecular weight excluding hydrogens is 254 g/mol. The van der Waals surface area contributed by atoms with E-state index in [0.29, 0.717) is 19.1 Å². The second-order valence-electron chi connectivity index (χ2n) is 6.28. The maximum absolute atomic E-state index is 10.6. The van der Waals surface area contributed by atoms with E-state index in [1.807, 2.05) is 12.1 Å². The first-order valence-electron chi connectivity index (χ1n) is 7.57. The second-order valence-corrected chi connectivity index (χ2v) is 6.28. The predicted molar refractivity (Wildman–Crippen MR) is 75.0 cm³/mol. The molecule has 1 saturated carbocycles. The summed E-state index contributed by atoms with van der Waals surface area (Å²) >= 11 is 0. The van der Waals surface area contributed by atoms with E-state index in [-0.39, 0.29) is 0 Å². The van der Waals surface area contributed by atoms with Gasteiger partial charge in [0, 0.05) is 25.2 Å². The summed E-state index contributed by atoms with van der Waals surface area (Å²) in [4.78, 5) is 2.34. The standard InChI is InChI=1S/C16H21NO3/c18-16(13-4-5-13)6-7-17(11-16)10-12-2-1-3-14-15(12)20-9-8-19-14/h1-3,13,18H,4-11H2. The molecule has 108 valence electrons. The van der Waals surface area contributed by atoms with Crippen LogP contribution in [0.25, 0.3) is 0 Å². The quantitative estimate of drug-likeness (QED) is 0.913. The molecule has 0 radical (unpaired) electrons. The zero-order valence-electron chi connectivity index (χ0n) is 11.7. The van der Waals surface area contributed by atoms with Crippen molar-refractivity contribution in [3.8, 4) is 11.5 Å². The van der Waals surface area contributed by atoms with Crippen LogP contribution >= 0.6 is 0 Å². The third-order valence-electron chi connectivity index (χ3n) is 4.74. The van der Waals surface area contributed by atoms with E-state index >= 15 is 0 Å². The molecule has 1 aliphatic carbocycles. The summed E-state index contributed by atoms with van der Waals surface area (Å²) in [6.07, 6.45) is 3.30. The maximum Gasteiger partial charge on any atom is 0.165 e. The van der Waals surface area contributed by atoms with Gasteiger partial charge >= 0.3 is 0 Å². The Labute approximate surface area is 119 Å². The summed E-state index contributed by atoms with van der Waals surface area (Å²) in [5.74, 6) is 2.28. The van der Waals surface area contributed by atoms with Gasteiger partial charge in [0.05, 0.1) is 5.60 Å². The molecule has 2 aliphatic heterocycles. The second kappa shape index (κ2) is 4.64. The molecule has 0 aromatic heterocycles. The van der Waals surface area contributed by atoms with Gasteiger partial charge in [-0.05, 0) is 31.2 Å². The number of likely N-dealkylation sites (tertiary alicyclic amines) is 1. The fourth-order valence-electron chi connectivity index (χ4n) is 3.49. The molecular formula is C16H21NO3. The van der Waals surface area contributed by atoms with Crippen molar-refractivity contribution in [2.75, 3.05) is 26.3 Å². The number of hydrogen-bond acceptors (Lipinski definition) is 4. The van der Waals surface area contributed by atoms with Gasteiger partial charge in [-0.25, -0.2) is 0 Å². The predicted octanol–water partition coefficient (Wildman–Crippen LogP) is 1.80. The number of β-amino-alcohol motifs (C(OH)–C–C–N with tert-alkyl or cyclic N) is 1. The van der Waals surface area contributed by atoms with Gasteiger partial charge in [-0.3, -0.25) is 4.90 Å². The molecule has 1 aromatic carbocycles. The normalized spacial score (nSPS) is 29.6. The molecule has 2 heterocycles. The molecule has 1 unspecified atom stereocenters. The zero-order valence-corrected chi connectivity index (χ0v) is 11.7. The number of rotatable bonds is 3. The van der Waals surface area contributed by atoms with E-state index in [9.17, 15) is 5.11 Å². The number of benzene rings is 1. The highest BCUT2D eigenvalue weighted by atomic mass is 16.6. The van der Waals surface area contributed by atoms with Crippen molar-refractivity contribution in [3.05, 3.63) is 23.8 Å². The first-order chi connectivity index (χ1) is 9.74. The van der Waals surface area contributed by atoms with Gasteiger partial charge in [-0.2, -0.15) is 0 Å². The Morgan fingerprint density at radius 3 is 2.95 bits per heavy atom. The molecule has 3 aliphatic rings. The highest BCUT2D eigenvalue weighted by Gasteiger charge is 2.47. The molecule has 0 amide bonds. The fourth-order valence-corrected chi connectivity index (χ4v) is 3.49. The molecule has 2 fully saturated rings. The van der Waals surface area contributed by atoms with Crippen LogP contribution in [0.15, 0.2) is 18.2 Å². The van der Waals surface area contributed by atoms with E-state index in [4.69, 9.17) is 9.47 Å². The molecule has 1 saturated heterocycles. The minimum absolute atomic E-state index is 0.438. The number of aliphatic hydroxyl groups is 1. The van der Waals surface area contributed by atoms with Crippen LogP contribution < -0.4 is 9.47 Å². The lowest BCUT2D eigenvalue weighted by atomic mass is 9.97. The third-order valence-corrected chi connectivity index (χ3v) is 4.74. The lowest BCUT2D eigenvalue weighted by Crippen LogP contribution is -2.35. The van der Waals surface area contributed by atoms with Crippen molar-refractivity contribution >= 4 is 0 Å². The van der Waals surface area contributed by atoms with Gasteiger partial charge in [0.1, 0.15) is 13.2 Å². The minimum atomic E-state index is -0.438. The average molecular weight is 275 g/mol. The maximum atomic E-state index is 10.6. The topological polar surface area (TPSA) is 41.9 Å². The van der Waals surface area contributed by atoms with Crippen LogP contribution in [-0.4, -0.2) is 41.9 Å². The lowest BCUT2D eigenvalue weighted by Gasteiger charge is -2.25. The smallest absolute Gasteiger partial charge is 0.165 e. The summed E-state index contributed by atoms with van der Waals surface area (Å²) in [7, 11) is 0. The van der Waals surface area contributed by atoms with Crippen molar-refractivity contribution < 1.29 is 14.6 Å². The molecule has 4 rings (SSSR count). The van der Waals surface area contributed by atoms with Crippen LogP contribution in [0.1, 0.15) is 24.8 Å². The Kier molecular flexibility index (Phi) is 2.89. The van der Waals surface area contributed by atoms with Gasteiger partial charge in [0.15, 0.2) is 11.5 Å². The Balaban J connectivity index is 1.50. The van der Waals surface area contributed by atoms with Crippen LogP contribution in [0.5, 0.6) is 11.5 Å². The lowest BCUT2D eigenvalue weighted by molar-refractivity contribution is 0.0262. The van der Waals surface area contributed by atoms with Crippen LogP contribution in [0.3, 0.4) is 0 Å². The Hall–Kier alpha value is -1.26. The van der Waals surface area contributed by atoms with E-state index < -0.39 is 5.60 Å². The van der Waals surface area contributed by atoms with Gasteiger partial charge in [0.25, 0.3) is 0 Å². The molecule has 4 nitrogen and oxygen atoms in total. The minimum Gasteiger partial charge on any atom is -0.486 e. The number of ether oxygens (including phenoxy) is 2. The molecule has 4 heteroatoms. The largest absolute Gasteiger partial charge is 0.486 e. The first kappa shape index (κ1) is 12.5. The van der Waals surface area contributed by atoms with Gasteiger partial charge < -0.3 is 14.6 Å². The Morgan fingerprint density at radius 2 is 2.10 bits per heavy atom. The Bertz CT molecular complexity index is 514. The van der Waals surface area contributed by atoms with Crippen LogP contribution in [0.4, 0.5) is 0 Å². The van der Waals surface area contributed by atoms with Gasteiger partial charge in [-0.1, -0.05) is 12.1 Å². The highest BCUT2D eigenvalue weighted by molar-refractivity contribution is 5.47. The van der Waals surface area contributed by atoms with E-state index in [2.05, 4.69) is 11.0 Å². The van der Waals surface area contributed by atoms with E-state index in [1.54, 1.807) is 0 Å². The van der Waals surface area contributed by atoms with Crippen molar-refractivity contribution in [3.63, 3.8) is 0 Å². The number of para-hydroxylation sites is 1. The van der Waals surface area contributed by atoms with Crippen molar-refractivity contribution in [1.82, 2.24) is 4.90 Å². The van der Waals surface area contributed by atoms with Crippen molar-refractivity contribution in [1.29, 1.82) is 0 Å². The monoisotopic (exact) mass is 275 g/mol. The first-order valence-corrected chi connectivity index (χ1v) is 7.57. The number of hydrogen-bond donors (Lipinski definition) is 1. The summed E-state index contributed by atoms with van der Waals surface area (Å²) in [5, 5.41) is 10.6. The summed E-state index contributed by atoms with van der Waals surface area (Å²) in [5.41, 5.74) is 0.730. The highest BCUT2D eigenvalue weighted by Crippen LogP contribution is 2.45. The summed E-state index contributed by atoms with van der Waals surface area (Å²) < 4.78 is 11.4. The molecule has 20 heavy (non-hydrogen) atoms. The van der Waals surface area contributed by atoms with E-state index in [1.165, 1.54) is 18.4 Å². The summed E-state index contributed by atoms with van der Waals surface area (Å²) in [6, 6.07) is 6.08. The molecule has 0 spiro atoms. The van der Waals surface area contributed by atoms with E-state index in [0.717, 1.165) is 37.6 Å². The fraction of sp³-hybridized carbons (Fsp3) is 0.625. The van der Waals surface area contributed by atoms with Gasteiger partial charge in [0.2, 0.25) is 0 Å². The molecule has 1 aromatic rings. The zero-order chi connectivity index (χ0) is 13.6. The van der Waals surface area contributed by atoms with Crippen LogP contribution in [-0.2, 0) is 6.54 Å². The molecule has 0 bridgehead atoms. The SMILES string of the molecule is OC1(C2CC2)CCN(Cc2cccc3c2OCCO3)C1. The molecule has 1 N–H and O–H groups in total. The van der Waals surface area contributed by atoms with Crippen molar-refractivity contribution in [2.45, 2.75) is 31.4 Å².